The van der Waals surface area contributed by atoms with E-state index >= 15 is 0 Å². The zero-order valence-corrected chi connectivity index (χ0v) is 16.7. The van der Waals surface area contributed by atoms with E-state index in [0.29, 0.717) is 5.92 Å². The molecule has 5 heteroatoms. The summed E-state index contributed by atoms with van der Waals surface area (Å²) in [5.74, 6) is 1.37. The van der Waals surface area contributed by atoms with Crippen molar-refractivity contribution in [3.05, 3.63) is 65.7 Å². The highest BCUT2D eigenvalue weighted by Crippen LogP contribution is 2.23. The fourth-order valence-corrected chi connectivity index (χ4v) is 3.51. The fraction of sp³-hybridized carbons (Fsp3) is 0.409. The highest BCUT2D eigenvalue weighted by molar-refractivity contribution is 5.85. The number of hydrogen-bond donors (Lipinski definition) is 1. The average molecular weight is 389 g/mol. The second-order valence-electron chi connectivity index (χ2n) is 7.14. The number of carbonyl (C=O) groups excluding carboxylic acids is 1. The predicted octanol–water partition coefficient (Wildman–Crippen LogP) is 3.66. The molecule has 27 heavy (non-hydrogen) atoms. The maximum absolute atomic E-state index is 12.5. The molecular formula is C22H29ClN2O2. The summed E-state index contributed by atoms with van der Waals surface area (Å²) in [6.45, 7) is 3.70. The monoisotopic (exact) mass is 388 g/mol. The van der Waals surface area contributed by atoms with Crippen molar-refractivity contribution in [1.82, 2.24) is 4.90 Å². The molecule has 0 bridgehead atoms. The summed E-state index contributed by atoms with van der Waals surface area (Å²) in [7, 11) is 0. The van der Waals surface area contributed by atoms with Crippen LogP contribution in [0.1, 0.15) is 30.9 Å². The standard InChI is InChI=1S/C22H28N2O2.ClH/c1-17(23)19-11-13-24(14-12-19)22(25)16-26-21-10-6-5-9-20(21)15-18-7-3-2-4-8-18;/h2-10,17,19H,11-16,23H2,1H3;1H. The maximum atomic E-state index is 12.5. The lowest BCUT2D eigenvalue weighted by Gasteiger charge is -2.33. The largest absolute Gasteiger partial charge is 0.483 e. The summed E-state index contributed by atoms with van der Waals surface area (Å²) in [5, 5.41) is 0. The van der Waals surface area contributed by atoms with Crippen LogP contribution in [-0.4, -0.2) is 36.5 Å². The third-order valence-electron chi connectivity index (χ3n) is 5.20. The number of ether oxygens (including phenoxy) is 1. The molecule has 1 aliphatic heterocycles. The smallest absolute Gasteiger partial charge is 0.260 e. The first-order valence-corrected chi connectivity index (χ1v) is 9.41. The molecule has 0 saturated carbocycles. The first kappa shape index (κ1) is 21.3. The van der Waals surface area contributed by atoms with Gasteiger partial charge in [0.15, 0.2) is 6.61 Å². The Balaban J connectivity index is 0.00000261. The van der Waals surface area contributed by atoms with Crippen molar-refractivity contribution in [2.24, 2.45) is 11.7 Å². The third-order valence-corrected chi connectivity index (χ3v) is 5.20. The second kappa shape index (κ2) is 10.3. The van der Waals surface area contributed by atoms with E-state index in [2.05, 4.69) is 25.1 Å². The van der Waals surface area contributed by atoms with Crippen LogP contribution in [0.5, 0.6) is 5.75 Å². The van der Waals surface area contributed by atoms with Gasteiger partial charge in [-0.2, -0.15) is 0 Å². The van der Waals surface area contributed by atoms with Gasteiger partial charge in [0.05, 0.1) is 0 Å². The Hall–Kier alpha value is -2.04. The number of likely N-dealkylation sites (tertiary alicyclic amines) is 1. The molecule has 1 saturated heterocycles. The van der Waals surface area contributed by atoms with Gasteiger partial charge in [-0.15, -0.1) is 12.4 Å². The molecule has 3 rings (SSSR count). The summed E-state index contributed by atoms with van der Waals surface area (Å²) < 4.78 is 5.88. The van der Waals surface area contributed by atoms with Gasteiger partial charge in [0.25, 0.3) is 5.91 Å². The zero-order valence-electron chi connectivity index (χ0n) is 15.8. The molecule has 1 aliphatic rings. The van der Waals surface area contributed by atoms with E-state index in [4.69, 9.17) is 10.5 Å². The Kier molecular flexibility index (Phi) is 8.14. The van der Waals surface area contributed by atoms with Crippen molar-refractivity contribution in [2.75, 3.05) is 19.7 Å². The van der Waals surface area contributed by atoms with Gasteiger partial charge < -0.3 is 15.4 Å². The van der Waals surface area contributed by atoms with Crippen LogP contribution in [0.2, 0.25) is 0 Å². The van der Waals surface area contributed by atoms with Gasteiger partial charge in [-0.25, -0.2) is 0 Å². The number of carbonyl (C=O) groups is 1. The summed E-state index contributed by atoms with van der Waals surface area (Å²) >= 11 is 0. The lowest BCUT2D eigenvalue weighted by atomic mass is 9.91. The minimum atomic E-state index is 0. The molecule has 0 radical (unpaired) electrons. The van der Waals surface area contributed by atoms with Crippen LogP contribution < -0.4 is 10.5 Å². The lowest BCUT2D eigenvalue weighted by molar-refractivity contribution is -0.134. The number of nitrogens with zero attached hydrogens (tertiary/aromatic N) is 1. The highest BCUT2D eigenvalue weighted by Gasteiger charge is 2.25. The summed E-state index contributed by atoms with van der Waals surface area (Å²) in [5.41, 5.74) is 8.30. The summed E-state index contributed by atoms with van der Waals surface area (Å²) in [6, 6.07) is 18.4. The third kappa shape index (κ3) is 5.98. The first-order valence-electron chi connectivity index (χ1n) is 9.41. The van der Waals surface area contributed by atoms with E-state index < -0.39 is 0 Å². The van der Waals surface area contributed by atoms with Gasteiger partial charge in [0.2, 0.25) is 0 Å². The first-order chi connectivity index (χ1) is 12.6. The van der Waals surface area contributed by atoms with Gasteiger partial charge in [-0.3, -0.25) is 4.79 Å². The molecule has 1 atom stereocenters. The molecule has 2 aromatic rings. The predicted molar refractivity (Wildman–Crippen MR) is 111 cm³/mol. The molecule has 2 aromatic carbocycles. The van der Waals surface area contributed by atoms with Crippen molar-refractivity contribution in [3.8, 4) is 5.75 Å². The van der Waals surface area contributed by atoms with Crippen LogP contribution in [0.15, 0.2) is 54.6 Å². The molecule has 1 heterocycles. The SMILES string of the molecule is CC(N)C1CCN(C(=O)COc2ccccc2Cc2ccccc2)CC1.Cl. The number of benzene rings is 2. The Morgan fingerprint density at radius 3 is 2.41 bits per heavy atom. The number of piperidine rings is 1. The van der Waals surface area contributed by atoms with E-state index in [9.17, 15) is 4.79 Å². The molecule has 0 aliphatic carbocycles. The molecule has 1 amide bonds. The van der Waals surface area contributed by atoms with Gasteiger partial charge in [0, 0.05) is 25.6 Å². The Morgan fingerprint density at radius 2 is 1.74 bits per heavy atom. The van der Waals surface area contributed by atoms with Crippen molar-refractivity contribution in [2.45, 2.75) is 32.2 Å². The van der Waals surface area contributed by atoms with E-state index in [1.807, 2.05) is 41.3 Å². The summed E-state index contributed by atoms with van der Waals surface area (Å²) in [4.78, 5) is 14.4. The van der Waals surface area contributed by atoms with Crippen molar-refractivity contribution in [1.29, 1.82) is 0 Å². The highest BCUT2D eigenvalue weighted by atomic mass is 35.5. The molecule has 0 aromatic heterocycles. The Labute approximate surface area is 168 Å². The average Bonchev–Trinajstić information content (AvgIpc) is 2.68. The Bertz CT molecular complexity index is 713. The molecular weight excluding hydrogens is 360 g/mol. The molecule has 0 spiro atoms. The van der Waals surface area contributed by atoms with Crippen LogP contribution in [0.4, 0.5) is 0 Å². The topological polar surface area (TPSA) is 55.6 Å². The van der Waals surface area contributed by atoms with Crippen LogP contribution in [0.25, 0.3) is 0 Å². The minimum absolute atomic E-state index is 0. The van der Waals surface area contributed by atoms with E-state index in [-0.39, 0.29) is 31.0 Å². The zero-order chi connectivity index (χ0) is 18.4. The van der Waals surface area contributed by atoms with Crippen molar-refractivity contribution >= 4 is 18.3 Å². The number of nitrogens with two attached hydrogens (primary N) is 1. The lowest BCUT2D eigenvalue weighted by Crippen LogP contribution is -2.44. The normalized spacial score (nSPS) is 15.7. The number of amides is 1. The van der Waals surface area contributed by atoms with Crippen molar-refractivity contribution in [3.63, 3.8) is 0 Å². The van der Waals surface area contributed by atoms with E-state index in [1.165, 1.54) is 5.56 Å². The van der Waals surface area contributed by atoms with Crippen molar-refractivity contribution < 1.29 is 9.53 Å². The molecule has 2 N–H and O–H groups in total. The number of halogens is 1. The quantitative estimate of drug-likeness (QED) is 0.821. The number of rotatable bonds is 6. The van der Waals surface area contributed by atoms with Gasteiger partial charge in [0.1, 0.15) is 5.75 Å². The number of para-hydroxylation sites is 1. The van der Waals surface area contributed by atoms with Crippen LogP contribution >= 0.6 is 12.4 Å². The van der Waals surface area contributed by atoms with Crippen LogP contribution in [0.3, 0.4) is 0 Å². The molecule has 4 nitrogen and oxygen atoms in total. The Morgan fingerprint density at radius 1 is 1.11 bits per heavy atom. The van der Waals surface area contributed by atoms with E-state index in [0.717, 1.165) is 43.7 Å². The van der Waals surface area contributed by atoms with Crippen LogP contribution in [0, 0.1) is 5.92 Å². The fourth-order valence-electron chi connectivity index (χ4n) is 3.51. The molecule has 1 unspecified atom stereocenters. The van der Waals surface area contributed by atoms with Crippen LogP contribution in [-0.2, 0) is 11.2 Å². The summed E-state index contributed by atoms with van der Waals surface area (Å²) in [6.07, 6.45) is 2.76. The van der Waals surface area contributed by atoms with Gasteiger partial charge >= 0.3 is 0 Å². The molecule has 146 valence electrons. The minimum Gasteiger partial charge on any atom is -0.483 e. The second-order valence-corrected chi connectivity index (χ2v) is 7.14. The van der Waals surface area contributed by atoms with Gasteiger partial charge in [-0.1, -0.05) is 48.5 Å². The number of hydrogen-bond acceptors (Lipinski definition) is 3. The van der Waals surface area contributed by atoms with E-state index in [1.54, 1.807) is 0 Å². The molecule has 1 fully saturated rings. The maximum Gasteiger partial charge on any atom is 0.260 e. The van der Waals surface area contributed by atoms with Gasteiger partial charge in [-0.05, 0) is 42.9 Å².